The SMILES string of the molecule is N#C/C=C/CCC1CCC(CCC2CCC(c3ccc(F)cc3)CC2)CC1. The van der Waals surface area contributed by atoms with Crippen molar-refractivity contribution in [3.05, 3.63) is 47.8 Å². The van der Waals surface area contributed by atoms with Crippen LogP contribution in [0, 0.1) is 34.9 Å². The standard InChI is InChI=1S/C25H34FN/c26-25-17-15-24(16-18-25)23-13-11-22(12-14-23)10-9-21-7-5-20(6-8-21)4-2-1-3-19-27/h1,3,15-18,20-23H,2,4-14H2/b3-1+. The third kappa shape index (κ3) is 6.49. The van der Waals surface area contributed by atoms with E-state index in [2.05, 4.69) is 6.07 Å². The van der Waals surface area contributed by atoms with E-state index in [-0.39, 0.29) is 5.82 Å². The van der Waals surface area contributed by atoms with Gasteiger partial charge in [0, 0.05) is 6.08 Å². The molecule has 0 bridgehead atoms. The highest BCUT2D eigenvalue weighted by Crippen LogP contribution is 2.40. The summed E-state index contributed by atoms with van der Waals surface area (Å²) < 4.78 is 13.1. The zero-order chi connectivity index (χ0) is 18.9. The van der Waals surface area contributed by atoms with Crippen LogP contribution >= 0.6 is 0 Å². The molecule has 1 aromatic carbocycles. The van der Waals surface area contributed by atoms with Gasteiger partial charge < -0.3 is 0 Å². The van der Waals surface area contributed by atoms with Crippen LogP contribution < -0.4 is 0 Å². The summed E-state index contributed by atoms with van der Waals surface area (Å²) in [6, 6.07) is 9.26. The predicted molar refractivity (Wildman–Crippen MR) is 110 cm³/mol. The highest BCUT2D eigenvalue weighted by atomic mass is 19.1. The molecule has 2 fully saturated rings. The van der Waals surface area contributed by atoms with Gasteiger partial charge in [-0.25, -0.2) is 4.39 Å². The molecule has 0 atom stereocenters. The summed E-state index contributed by atoms with van der Waals surface area (Å²) in [5.74, 6) is 3.27. The second-order valence-electron chi connectivity index (χ2n) is 8.84. The van der Waals surface area contributed by atoms with E-state index in [1.807, 2.05) is 18.2 Å². The van der Waals surface area contributed by atoms with E-state index in [1.54, 1.807) is 18.2 Å². The molecule has 0 saturated heterocycles. The van der Waals surface area contributed by atoms with Crippen LogP contribution in [0.25, 0.3) is 0 Å². The quantitative estimate of drug-likeness (QED) is 0.456. The van der Waals surface area contributed by atoms with Crippen molar-refractivity contribution in [2.75, 3.05) is 0 Å². The Morgan fingerprint density at radius 1 is 0.815 bits per heavy atom. The van der Waals surface area contributed by atoms with E-state index < -0.39 is 0 Å². The fourth-order valence-corrected chi connectivity index (χ4v) is 5.27. The molecule has 2 saturated carbocycles. The molecule has 0 aromatic heterocycles. The number of halogens is 1. The topological polar surface area (TPSA) is 23.8 Å². The van der Waals surface area contributed by atoms with Crippen molar-refractivity contribution in [3.8, 4) is 6.07 Å². The molecule has 1 nitrogen and oxygen atoms in total. The van der Waals surface area contributed by atoms with Crippen molar-refractivity contribution in [1.82, 2.24) is 0 Å². The van der Waals surface area contributed by atoms with Gasteiger partial charge in [-0.15, -0.1) is 0 Å². The molecule has 2 aliphatic rings. The molecule has 2 heteroatoms. The van der Waals surface area contributed by atoms with Crippen LogP contribution in [0.2, 0.25) is 0 Å². The molecule has 146 valence electrons. The first-order valence-corrected chi connectivity index (χ1v) is 11.0. The second-order valence-corrected chi connectivity index (χ2v) is 8.84. The van der Waals surface area contributed by atoms with Crippen molar-refractivity contribution in [3.63, 3.8) is 0 Å². The molecule has 0 heterocycles. The maximum Gasteiger partial charge on any atom is 0.123 e. The van der Waals surface area contributed by atoms with Gasteiger partial charge in [0.1, 0.15) is 5.82 Å². The second kappa shape index (κ2) is 10.6. The Kier molecular flexibility index (Phi) is 7.93. The Hall–Kier alpha value is -1.62. The molecule has 0 N–H and O–H groups in total. The predicted octanol–water partition coefficient (Wildman–Crippen LogP) is 7.55. The van der Waals surface area contributed by atoms with Crippen molar-refractivity contribution in [2.24, 2.45) is 17.8 Å². The molecule has 0 aliphatic heterocycles. The van der Waals surface area contributed by atoms with Crippen molar-refractivity contribution >= 4 is 0 Å². The van der Waals surface area contributed by atoms with Gasteiger partial charge in [0.2, 0.25) is 0 Å². The van der Waals surface area contributed by atoms with E-state index in [4.69, 9.17) is 5.26 Å². The molecule has 0 spiro atoms. The minimum Gasteiger partial charge on any atom is -0.207 e. The normalized spacial score (nSPS) is 28.9. The average molecular weight is 368 g/mol. The molecule has 2 aliphatic carbocycles. The lowest BCUT2D eigenvalue weighted by Gasteiger charge is -2.32. The van der Waals surface area contributed by atoms with Crippen molar-refractivity contribution < 1.29 is 4.39 Å². The first-order chi connectivity index (χ1) is 13.2. The Labute approximate surface area is 164 Å². The van der Waals surface area contributed by atoms with E-state index in [0.717, 1.165) is 24.2 Å². The van der Waals surface area contributed by atoms with Gasteiger partial charge in [0.05, 0.1) is 6.07 Å². The highest BCUT2D eigenvalue weighted by Gasteiger charge is 2.25. The number of nitriles is 1. The molecule has 0 amide bonds. The van der Waals surface area contributed by atoms with Crippen molar-refractivity contribution in [2.45, 2.75) is 83.0 Å². The van der Waals surface area contributed by atoms with Crippen molar-refractivity contribution in [1.29, 1.82) is 5.26 Å². The van der Waals surface area contributed by atoms with Gasteiger partial charge in [-0.05, 0) is 79.9 Å². The fourth-order valence-electron chi connectivity index (χ4n) is 5.27. The van der Waals surface area contributed by atoms with Crippen LogP contribution in [-0.2, 0) is 0 Å². The monoisotopic (exact) mass is 367 g/mol. The van der Waals surface area contributed by atoms with Gasteiger partial charge in [-0.2, -0.15) is 5.26 Å². The third-order valence-electron chi connectivity index (χ3n) is 7.07. The number of nitrogens with zero attached hydrogens (tertiary/aromatic N) is 1. The van der Waals surface area contributed by atoms with Crippen LogP contribution in [0.5, 0.6) is 0 Å². The van der Waals surface area contributed by atoms with E-state index in [9.17, 15) is 4.39 Å². The third-order valence-corrected chi connectivity index (χ3v) is 7.07. The van der Waals surface area contributed by atoms with Gasteiger partial charge in [-0.1, -0.05) is 56.7 Å². The first-order valence-electron chi connectivity index (χ1n) is 11.0. The number of hydrogen-bond donors (Lipinski definition) is 0. The molecular weight excluding hydrogens is 333 g/mol. The Morgan fingerprint density at radius 2 is 1.33 bits per heavy atom. The Morgan fingerprint density at radius 3 is 1.89 bits per heavy atom. The molecule has 1 aromatic rings. The smallest absolute Gasteiger partial charge is 0.123 e. The van der Waals surface area contributed by atoms with Crippen LogP contribution in [0.1, 0.15) is 88.5 Å². The molecule has 0 radical (unpaired) electrons. The molecule has 3 rings (SSSR count). The van der Waals surface area contributed by atoms with E-state index >= 15 is 0 Å². The minimum absolute atomic E-state index is 0.124. The van der Waals surface area contributed by atoms with Crippen LogP contribution in [0.3, 0.4) is 0 Å². The van der Waals surface area contributed by atoms with Gasteiger partial charge >= 0.3 is 0 Å². The first kappa shape index (κ1) is 20.1. The van der Waals surface area contributed by atoms with Gasteiger partial charge in [0.15, 0.2) is 0 Å². The lowest BCUT2D eigenvalue weighted by atomic mass is 9.74. The summed E-state index contributed by atoms with van der Waals surface area (Å²) in [7, 11) is 0. The maximum atomic E-state index is 13.1. The van der Waals surface area contributed by atoms with Crippen LogP contribution in [0.4, 0.5) is 4.39 Å². The highest BCUT2D eigenvalue weighted by molar-refractivity contribution is 5.20. The fraction of sp³-hybridized carbons (Fsp3) is 0.640. The zero-order valence-corrected chi connectivity index (χ0v) is 16.6. The summed E-state index contributed by atoms with van der Waals surface area (Å²) in [6.45, 7) is 0. The van der Waals surface area contributed by atoms with Gasteiger partial charge in [0.25, 0.3) is 0 Å². The number of hydrogen-bond acceptors (Lipinski definition) is 1. The molecule has 0 unspecified atom stereocenters. The zero-order valence-electron chi connectivity index (χ0n) is 16.6. The van der Waals surface area contributed by atoms with Crippen LogP contribution in [0.15, 0.2) is 36.4 Å². The lowest BCUT2D eigenvalue weighted by Crippen LogP contribution is -2.17. The lowest BCUT2D eigenvalue weighted by molar-refractivity contribution is 0.225. The number of rotatable bonds is 7. The van der Waals surface area contributed by atoms with E-state index in [1.165, 1.54) is 76.2 Å². The summed E-state index contributed by atoms with van der Waals surface area (Å²) in [5.41, 5.74) is 1.33. The van der Waals surface area contributed by atoms with Crippen LogP contribution in [-0.4, -0.2) is 0 Å². The number of benzene rings is 1. The van der Waals surface area contributed by atoms with E-state index in [0.29, 0.717) is 5.92 Å². The summed E-state index contributed by atoms with van der Waals surface area (Å²) in [5, 5.41) is 8.54. The summed E-state index contributed by atoms with van der Waals surface area (Å²) in [4.78, 5) is 0. The summed E-state index contributed by atoms with van der Waals surface area (Å²) >= 11 is 0. The summed E-state index contributed by atoms with van der Waals surface area (Å²) in [6.07, 6.45) is 19.7. The Balaban J connectivity index is 1.30. The molecule has 27 heavy (non-hydrogen) atoms. The number of allylic oxidation sites excluding steroid dienone is 2. The maximum absolute atomic E-state index is 13.1. The minimum atomic E-state index is -0.124. The largest absolute Gasteiger partial charge is 0.207 e. The average Bonchev–Trinajstić information content (AvgIpc) is 2.72. The molecular formula is C25H34FN. The van der Waals surface area contributed by atoms with Gasteiger partial charge in [-0.3, -0.25) is 0 Å². The Bertz CT molecular complexity index is 611.